The second-order valence-corrected chi connectivity index (χ2v) is 13.7. The topological polar surface area (TPSA) is 132 Å². The van der Waals surface area contributed by atoms with Crippen molar-refractivity contribution in [1.29, 1.82) is 5.26 Å². The number of nitrogens with one attached hydrogen (secondary N) is 1. The van der Waals surface area contributed by atoms with Gasteiger partial charge >= 0.3 is 231 Å². The van der Waals surface area contributed by atoms with Crippen LogP contribution >= 0.6 is 23.2 Å². The summed E-state index contributed by atoms with van der Waals surface area (Å²) in [6.07, 6.45) is 7.00. The number of fused-ring (bicyclic) bond motifs is 1. The predicted octanol–water partition coefficient (Wildman–Crippen LogP) is 2.20. The fraction of sp³-hybridized carbons (Fsp3) is 0.480. The summed E-state index contributed by atoms with van der Waals surface area (Å²) >= 11 is 12.0. The normalized spacial score (nSPS) is 23.2. The van der Waals surface area contributed by atoms with E-state index < -0.39 is 15.8 Å². The van der Waals surface area contributed by atoms with Crippen molar-refractivity contribution in [1.82, 2.24) is 19.5 Å². The Balaban J connectivity index is 1.34. The fourth-order valence-electron chi connectivity index (χ4n) is 5.78. The Labute approximate surface area is 230 Å². The Morgan fingerprint density at radius 1 is 1.19 bits per heavy atom. The molecule has 3 N–H and O–H groups in total. The number of carbonyl (C=O) groups excluding carboxylic acids is 1. The average Bonchev–Trinajstić information content (AvgIpc) is 3.19. The van der Waals surface area contributed by atoms with E-state index in [0.717, 1.165) is 71.9 Å². The van der Waals surface area contributed by atoms with Crippen molar-refractivity contribution in [2.24, 2.45) is 17.1 Å². The van der Waals surface area contributed by atoms with Crippen molar-refractivity contribution in [3.05, 3.63) is 33.9 Å². The number of ether oxygens (including phenoxy) is 1. The number of nitrogens with zero attached hydrogens (tertiary/aromatic N) is 5. The first-order valence-electron chi connectivity index (χ1n) is 12.4. The minimum atomic E-state index is -1.07. The summed E-state index contributed by atoms with van der Waals surface area (Å²) < 4.78 is 9.33. The molecule has 3 aromatic rings. The molecule has 0 radical (unpaired) electrons. The molecular weight excluding hydrogens is 576 g/mol. The number of aromatic nitrogens is 4. The number of rotatable bonds is 6. The summed E-state index contributed by atoms with van der Waals surface area (Å²) in [6.45, 7) is 1.69. The number of imidazole rings is 1. The van der Waals surface area contributed by atoms with Gasteiger partial charge in [-0.2, -0.15) is 0 Å². The summed E-state index contributed by atoms with van der Waals surface area (Å²) in [6, 6.07) is 5.87. The fourth-order valence-corrected chi connectivity index (χ4v) is 9.26. The molecule has 3 aliphatic rings. The SMILES string of the molecule is N#Cc1cc(Cl)c([AsH]c2nc3cnc(NC4CC5(COC5)C4)nc3n2C2CCC(C(N)=O)CC2)c(Cl)c1. The molecule has 9 nitrogen and oxygen atoms in total. The van der Waals surface area contributed by atoms with Gasteiger partial charge in [0.25, 0.3) is 0 Å². The van der Waals surface area contributed by atoms with Gasteiger partial charge in [0.05, 0.1) is 0 Å². The molecule has 1 aromatic carbocycles. The van der Waals surface area contributed by atoms with E-state index in [9.17, 15) is 10.1 Å². The van der Waals surface area contributed by atoms with E-state index in [1.54, 1.807) is 18.3 Å². The van der Waals surface area contributed by atoms with Gasteiger partial charge in [0.15, 0.2) is 0 Å². The first-order valence-corrected chi connectivity index (χ1v) is 15.2. The van der Waals surface area contributed by atoms with Crippen LogP contribution in [0.15, 0.2) is 18.3 Å². The Morgan fingerprint density at radius 2 is 1.89 bits per heavy atom. The average molecular weight is 602 g/mol. The zero-order chi connectivity index (χ0) is 25.7. The van der Waals surface area contributed by atoms with Gasteiger partial charge in [0, 0.05) is 0 Å². The van der Waals surface area contributed by atoms with Crippen molar-refractivity contribution in [3.8, 4) is 6.07 Å². The molecule has 1 spiro atoms. The number of amides is 1. The first-order chi connectivity index (χ1) is 17.8. The summed E-state index contributed by atoms with van der Waals surface area (Å²) in [5, 5.41) is 13.7. The molecule has 12 heteroatoms. The van der Waals surface area contributed by atoms with Crippen molar-refractivity contribution in [3.63, 3.8) is 0 Å². The minimum absolute atomic E-state index is 0.0961. The maximum absolute atomic E-state index is 11.8. The number of halogens is 2. The van der Waals surface area contributed by atoms with Crippen LogP contribution in [0.4, 0.5) is 5.95 Å². The number of primary amides is 1. The molecule has 37 heavy (non-hydrogen) atoms. The molecule has 6 rings (SSSR count). The third-order valence-electron chi connectivity index (χ3n) is 7.81. The molecule has 0 bridgehead atoms. The van der Waals surface area contributed by atoms with Gasteiger partial charge in [0.1, 0.15) is 0 Å². The second-order valence-electron chi connectivity index (χ2n) is 10.4. The van der Waals surface area contributed by atoms with Crippen LogP contribution in [0.1, 0.15) is 50.1 Å². The molecule has 3 heterocycles. The molecule has 2 saturated carbocycles. The van der Waals surface area contributed by atoms with Gasteiger partial charge < -0.3 is 0 Å². The predicted molar refractivity (Wildman–Crippen MR) is 143 cm³/mol. The third kappa shape index (κ3) is 4.70. The number of nitrogens with two attached hydrogens (primary N) is 1. The first kappa shape index (κ1) is 24.9. The van der Waals surface area contributed by atoms with Gasteiger partial charge in [0.2, 0.25) is 0 Å². The van der Waals surface area contributed by atoms with Crippen LogP contribution in [0.3, 0.4) is 0 Å². The third-order valence-corrected chi connectivity index (χ3v) is 11.9. The second kappa shape index (κ2) is 9.74. The Kier molecular flexibility index (Phi) is 6.56. The zero-order valence-electron chi connectivity index (χ0n) is 20.0. The van der Waals surface area contributed by atoms with Crippen LogP contribution in [0.2, 0.25) is 10.0 Å². The molecule has 3 fully saturated rings. The van der Waals surface area contributed by atoms with E-state index in [1.165, 1.54) is 0 Å². The number of hydrogen-bond acceptors (Lipinski definition) is 7. The van der Waals surface area contributed by atoms with E-state index in [4.69, 9.17) is 43.6 Å². The van der Waals surface area contributed by atoms with Gasteiger partial charge in [-0.05, 0) is 0 Å². The molecule has 1 unspecified atom stereocenters. The van der Waals surface area contributed by atoms with Gasteiger partial charge in [-0.15, -0.1) is 0 Å². The number of nitriles is 1. The van der Waals surface area contributed by atoms with Crippen LogP contribution in [-0.4, -0.2) is 60.4 Å². The van der Waals surface area contributed by atoms with Gasteiger partial charge in [-0.25, -0.2) is 0 Å². The van der Waals surface area contributed by atoms with E-state index in [1.807, 2.05) is 0 Å². The molecular formula is C25H26AsCl2N7O2. The quantitative estimate of drug-likeness (QED) is 0.414. The molecule has 2 aromatic heterocycles. The summed E-state index contributed by atoms with van der Waals surface area (Å²) in [5.74, 6) is 0.268. The van der Waals surface area contributed by atoms with Crippen molar-refractivity contribution < 1.29 is 9.53 Å². The van der Waals surface area contributed by atoms with Gasteiger partial charge in [-0.1, -0.05) is 0 Å². The Hall–Kier alpha value is -2.37. The maximum atomic E-state index is 11.8. The van der Waals surface area contributed by atoms with E-state index in [0.29, 0.717) is 33.0 Å². The van der Waals surface area contributed by atoms with Crippen molar-refractivity contribution in [2.45, 2.75) is 50.6 Å². The van der Waals surface area contributed by atoms with Crippen LogP contribution in [0.5, 0.6) is 0 Å². The summed E-state index contributed by atoms with van der Waals surface area (Å²) in [4.78, 5) is 26.2. The molecule has 1 amide bonds. The summed E-state index contributed by atoms with van der Waals surface area (Å²) in [7, 11) is 0. The Bertz CT molecular complexity index is 1400. The Morgan fingerprint density at radius 3 is 2.49 bits per heavy atom. The van der Waals surface area contributed by atoms with E-state index >= 15 is 0 Å². The molecule has 1 aliphatic heterocycles. The van der Waals surface area contributed by atoms with Crippen LogP contribution < -0.4 is 20.0 Å². The number of carbonyl (C=O) groups is 1. The van der Waals surface area contributed by atoms with Crippen molar-refractivity contribution >= 4 is 70.9 Å². The standard InChI is InChI=1S/C25H26AsCl2N7O2/c27-17-5-13(9-29)6-18(28)20(17)26-23-33-19-10-31-24(32-15-7-25(8-15)11-37-12-25)34-22(19)35(23)16-3-1-14(2-4-16)21(30)36/h5-6,10,14-16,26H,1-4,7-8,11-12H2,(H2,30,36)(H,31,32,34). The van der Waals surface area contributed by atoms with E-state index in [2.05, 4.69) is 20.9 Å². The van der Waals surface area contributed by atoms with Crippen LogP contribution in [-0.2, 0) is 9.53 Å². The molecule has 192 valence electrons. The summed E-state index contributed by atoms with van der Waals surface area (Å²) in [5.41, 5.74) is 7.86. The monoisotopic (exact) mass is 601 g/mol. The molecule has 2 aliphatic carbocycles. The molecule has 1 atom stereocenters. The van der Waals surface area contributed by atoms with Crippen LogP contribution in [0, 0.1) is 22.7 Å². The van der Waals surface area contributed by atoms with Crippen LogP contribution in [0.25, 0.3) is 11.2 Å². The van der Waals surface area contributed by atoms with Gasteiger partial charge in [-0.3, -0.25) is 0 Å². The zero-order valence-corrected chi connectivity index (χ0v) is 23.6. The van der Waals surface area contributed by atoms with Crippen molar-refractivity contribution in [2.75, 3.05) is 18.5 Å². The number of hydrogen-bond donors (Lipinski definition) is 2. The number of benzene rings is 1. The molecule has 1 saturated heterocycles. The number of anilines is 1. The van der Waals surface area contributed by atoms with E-state index in [-0.39, 0.29) is 17.9 Å².